The molecule has 29 heavy (non-hydrogen) atoms. The molecule has 0 aliphatic carbocycles. The molecule has 4 rings (SSSR count). The molecule has 1 fully saturated rings. The van der Waals surface area contributed by atoms with Crippen molar-refractivity contribution in [2.24, 2.45) is 0 Å². The topological polar surface area (TPSA) is 112 Å². The zero-order valence-corrected chi connectivity index (χ0v) is 17.0. The quantitative estimate of drug-likeness (QED) is 0.588. The smallest absolute Gasteiger partial charge is 0.241 e. The number of aliphatic hydroxyl groups is 2. The van der Waals surface area contributed by atoms with Gasteiger partial charge in [-0.3, -0.25) is 0 Å². The van der Waals surface area contributed by atoms with E-state index in [0.717, 1.165) is 6.07 Å². The van der Waals surface area contributed by atoms with Crippen LogP contribution in [-0.2, 0) is 10.0 Å². The minimum absolute atomic E-state index is 0.0303. The molecule has 2 aromatic rings. The number of ether oxygens (including phenoxy) is 1. The maximum atomic E-state index is 13.6. The Morgan fingerprint density at radius 1 is 1.21 bits per heavy atom. The van der Waals surface area contributed by atoms with Crippen molar-refractivity contribution >= 4 is 39.0 Å². The molecule has 156 valence electrons. The minimum atomic E-state index is -4.10. The number of nitrogens with one attached hydrogen (secondary N) is 1. The normalized spacial score (nSPS) is 22.0. The summed E-state index contributed by atoms with van der Waals surface area (Å²) in [6.45, 7) is 0.436. The van der Waals surface area contributed by atoms with Crippen LogP contribution in [0.25, 0.3) is 0 Å². The number of fused-ring (bicyclic) bond motifs is 1. The second kappa shape index (κ2) is 7.53. The Balaban J connectivity index is 1.58. The number of hydrogen-bond acceptors (Lipinski definition) is 7. The standard InChI is InChI=1S/C17H16Cl2FN3O5S/c18-11-3-10-14(4-12(11)20)28-7-13(17(10)25)22-29(26,27)9-1-15(19)21-16(2-9)23-5-8(24)6-23/h1-4,8,13,17,22,24-25H,5-7H2/t13-,17+/m1/s1. The lowest BCUT2D eigenvalue weighted by atomic mass is 10.00. The molecular weight excluding hydrogens is 448 g/mol. The Morgan fingerprint density at radius 3 is 2.62 bits per heavy atom. The number of benzene rings is 1. The number of β-amino-alcohol motifs (C(OH)–C–C–N with tert-alkyl or cyclic N) is 1. The first-order valence-electron chi connectivity index (χ1n) is 8.57. The number of anilines is 1. The molecule has 0 bridgehead atoms. The van der Waals surface area contributed by atoms with Crippen LogP contribution >= 0.6 is 23.2 Å². The third kappa shape index (κ3) is 4.00. The minimum Gasteiger partial charge on any atom is -0.491 e. The molecular formula is C17H16Cl2FN3O5S. The van der Waals surface area contributed by atoms with Crippen molar-refractivity contribution in [1.29, 1.82) is 0 Å². The summed E-state index contributed by atoms with van der Waals surface area (Å²) in [6, 6.07) is 3.72. The van der Waals surface area contributed by atoms with Gasteiger partial charge in [0.2, 0.25) is 10.0 Å². The molecule has 3 N–H and O–H groups in total. The van der Waals surface area contributed by atoms with Gasteiger partial charge in [-0.25, -0.2) is 22.5 Å². The van der Waals surface area contributed by atoms with Gasteiger partial charge in [-0.15, -0.1) is 0 Å². The fourth-order valence-corrected chi connectivity index (χ4v) is 4.87. The van der Waals surface area contributed by atoms with E-state index in [1.54, 1.807) is 4.90 Å². The molecule has 0 unspecified atom stereocenters. The highest BCUT2D eigenvalue weighted by Gasteiger charge is 2.35. The molecule has 8 nitrogen and oxygen atoms in total. The zero-order valence-electron chi connectivity index (χ0n) is 14.7. The van der Waals surface area contributed by atoms with Crippen LogP contribution < -0.4 is 14.4 Å². The largest absolute Gasteiger partial charge is 0.491 e. The average Bonchev–Trinajstić information content (AvgIpc) is 2.62. The van der Waals surface area contributed by atoms with Crippen LogP contribution in [0.5, 0.6) is 5.75 Å². The molecule has 0 radical (unpaired) electrons. The van der Waals surface area contributed by atoms with Gasteiger partial charge in [-0.2, -0.15) is 0 Å². The van der Waals surface area contributed by atoms with Crippen molar-refractivity contribution in [2.75, 3.05) is 24.6 Å². The van der Waals surface area contributed by atoms with Gasteiger partial charge in [0.1, 0.15) is 35.2 Å². The molecule has 12 heteroatoms. The third-order valence-corrected chi connectivity index (χ3v) is 6.68. The third-order valence-electron chi connectivity index (χ3n) is 4.73. The van der Waals surface area contributed by atoms with Crippen LogP contribution in [0.3, 0.4) is 0 Å². The van der Waals surface area contributed by atoms with E-state index in [1.165, 1.54) is 18.2 Å². The van der Waals surface area contributed by atoms with Gasteiger partial charge >= 0.3 is 0 Å². The van der Waals surface area contributed by atoms with Crippen LogP contribution in [0.1, 0.15) is 11.7 Å². The van der Waals surface area contributed by atoms with E-state index in [9.17, 15) is 23.0 Å². The molecule has 1 aromatic heterocycles. The van der Waals surface area contributed by atoms with Crippen molar-refractivity contribution in [1.82, 2.24) is 9.71 Å². The summed E-state index contributed by atoms with van der Waals surface area (Å²) in [7, 11) is -4.10. The first-order chi connectivity index (χ1) is 13.6. The zero-order chi connectivity index (χ0) is 20.9. The van der Waals surface area contributed by atoms with Gasteiger partial charge in [0, 0.05) is 30.8 Å². The summed E-state index contributed by atoms with van der Waals surface area (Å²) in [5.74, 6) is -0.289. The lowest BCUT2D eigenvalue weighted by Gasteiger charge is -2.37. The number of rotatable bonds is 4. The molecule has 2 aliphatic rings. The highest BCUT2D eigenvalue weighted by atomic mass is 35.5. The number of sulfonamides is 1. The van der Waals surface area contributed by atoms with Crippen molar-refractivity contribution < 1.29 is 27.8 Å². The van der Waals surface area contributed by atoms with Gasteiger partial charge in [0.25, 0.3) is 0 Å². The van der Waals surface area contributed by atoms with Crippen molar-refractivity contribution in [3.05, 3.63) is 45.8 Å². The van der Waals surface area contributed by atoms with Gasteiger partial charge in [-0.05, 0) is 12.1 Å². The number of halogens is 3. The van der Waals surface area contributed by atoms with Crippen molar-refractivity contribution in [3.63, 3.8) is 0 Å². The fourth-order valence-electron chi connectivity index (χ4n) is 3.17. The molecule has 2 aliphatic heterocycles. The molecule has 1 aromatic carbocycles. The number of aromatic nitrogens is 1. The van der Waals surface area contributed by atoms with Crippen LogP contribution in [0.15, 0.2) is 29.2 Å². The predicted molar refractivity (Wildman–Crippen MR) is 103 cm³/mol. The fraction of sp³-hybridized carbons (Fsp3) is 0.353. The van der Waals surface area contributed by atoms with E-state index < -0.39 is 34.1 Å². The van der Waals surface area contributed by atoms with Gasteiger partial charge in [0.15, 0.2) is 0 Å². The molecule has 0 saturated carbocycles. The Kier molecular flexibility index (Phi) is 5.34. The SMILES string of the molecule is O=S(=O)(N[C@@H]1COc2cc(F)c(Cl)cc2[C@@H]1O)c1cc(Cl)nc(N2CC(O)C2)c1. The predicted octanol–water partition coefficient (Wildman–Crippen LogP) is 1.48. The summed E-state index contributed by atoms with van der Waals surface area (Å²) in [4.78, 5) is 5.61. The first kappa shape index (κ1) is 20.6. The van der Waals surface area contributed by atoms with Crippen molar-refractivity contribution in [3.8, 4) is 5.75 Å². The summed E-state index contributed by atoms with van der Waals surface area (Å²) in [5, 5.41) is 19.7. The number of aliphatic hydroxyl groups excluding tert-OH is 2. The highest BCUT2D eigenvalue weighted by Crippen LogP contribution is 2.36. The molecule has 0 amide bonds. The Hall–Kier alpha value is -1.69. The van der Waals surface area contributed by atoms with E-state index in [4.69, 9.17) is 27.9 Å². The Morgan fingerprint density at radius 2 is 1.93 bits per heavy atom. The Labute approximate surface area is 175 Å². The lowest BCUT2D eigenvalue weighted by molar-refractivity contribution is 0.0837. The number of hydrogen-bond donors (Lipinski definition) is 3. The number of pyridine rings is 1. The molecule has 1 saturated heterocycles. The lowest BCUT2D eigenvalue weighted by Crippen LogP contribution is -2.51. The average molecular weight is 464 g/mol. The first-order valence-corrected chi connectivity index (χ1v) is 10.8. The maximum absolute atomic E-state index is 13.6. The van der Waals surface area contributed by atoms with Crippen LogP contribution in [0.4, 0.5) is 10.2 Å². The summed E-state index contributed by atoms with van der Waals surface area (Å²) >= 11 is 11.7. The molecule has 0 spiro atoms. The van der Waals surface area contributed by atoms with E-state index in [2.05, 4.69) is 9.71 Å². The van der Waals surface area contributed by atoms with Gasteiger partial charge in [-0.1, -0.05) is 23.2 Å². The van der Waals surface area contributed by atoms with E-state index >= 15 is 0 Å². The number of nitrogens with zero attached hydrogens (tertiary/aromatic N) is 2. The van der Waals surface area contributed by atoms with E-state index in [1.807, 2.05) is 0 Å². The summed E-state index contributed by atoms with van der Waals surface area (Å²) in [5.41, 5.74) is 0.179. The Bertz CT molecular complexity index is 1070. The molecule has 2 atom stereocenters. The maximum Gasteiger partial charge on any atom is 0.241 e. The van der Waals surface area contributed by atoms with E-state index in [0.29, 0.717) is 18.9 Å². The second-order valence-electron chi connectivity index (χ2n) is 6.83. The summed E-state index contributed by atoms with van der Waals surface area (Å²) in [6.07, 6.45) is -1.80. The van der Waals surface area contributed by atoms with E-state index in [-0.39, 0.29) is 33.0 Å². The van der Waals surface area contributed by atoms with Crippen LogP contribution in [-0.4, -0.2) is 55.5 Å². The second-order valence-corrected chi connectivity index (χ2v) is 9.34. The van der Waals surface area contributed by atoms with Crippen LogP contribution in [0.2, 0.25) is 10.2 Å². The summed E-state index contributed by atoms with van der Waals surface area (Å²) < 4.78 is 47.1. The molecule has 3 heterocycles. The van der Waals surface area contributed by atoms with Gasteiger partial charge in [0.05, 0.1) is 22.1 Å². The highest BCUT2D eigenvalue weighted by molar-refractivity contribution is 7.89. The van der Waals surface area contributed by atoms with Crippen molar-refractivity contribution in [2.45, 2.75) is 23.1 Å². The van der Waals surface area contributed by atoms with Gasteiger partial charge < -0.3 is 19.8 Å². The monoisotopic (exact) mass is 463 g/mol. The van der Waals surface area contributed by atoms with Crippen LogP contribution in [0, 0.1) is 5.82 Å².